The summed E-state index contributed by atoms with van der Waals surface area (Å²) in [6.07, 6.45) is 2.43. The highest BCUT2D eigenvalue weighted by atomic mass is 16.5. The van der Waals surface area contributed by atoms with Crippen LogP contribution in [-0.4, -0.2) is 42.5 Å². The Balaban J connectivity index is 1.54. The summed E-state index contributed by atoms with van der Waals surface area (Å²) in [5.74, 6) is 0.686. The summed E-state index contributed by atoms with van der Waals surface area (Å²) in [5, 5.41) is 4.09. The summed E-state index contributed by atoms with van der Waals surface area (Å²) in [7, 11) is 1.64. The summed E-state index contributed by atoms with van der Waals surface area (Å²) < 4.78 is 5.27. The van der Waals surface area contributed by atoms with Crippen molar-refractivity contribution in [2.75, 3.05) is 26.7 Å². The Morgan fingerprint density at radius 3 is 2.62 bits per heavy atom. The van der Waals surface area contributed by atoms with Crippen molar-refractivity contribution in [2.45, 2.75) is 25.8 Å². The van der Waals surface area contributed by atoms with E-state index in [2.05, 4.69) is 39.5 Å². The summed E-state index contributed by atoms with van der Waals surface area (Å²) in [5.41, 5.74) is 3.42. The molecule has 2 aromatic carbocycles. The first-order valence-electron chi connectivity index (χ1n) is 10.2. The number of likely N-dealkylation sites (tertiary alicyclic amines) is 1. The van der Waals surface area contributed by atoms with Gasteiger partial charge in [-0.15, -0.1) is 0 Å². The first kappa shape index (κ1) is 19.4. The largest absolute Gasteiger partial charge is 0.497 e. The molecule has 1 aliphatic heterocycles. The van der Waals surface area contributed by atoms with Crippen molar-refractivity contribution in [2.24, 2.45) is 0 Å². The third-order valence-electron chi connectivity index (χ3n) is 5.68. The molecule has 1 aliphatic rings. The van der Waals surface area contributed by atoms with Gasteiger partial charge < -0.3 is 10.1 Å². The number of aromatic nitrogens is 1. The number of hydrogen-bond acceptors (Lipinski definition) is 4. The fraction of sp³-hybridized carbons (Fsp3) is 0.333. The van der Waals surface area contributed by atoms with E-state index in [1.165, 1.54) is 18.4 Å². The van der Waals surface area contributed by atoms with Crippen LogP contribution in [0.2, 0.25) is 0 Å². The van der Waals surface area contributed by atoms with Crippen LogP contribution >= 0.6 is 0 Å². The molecule has 5 nitrogen and oxygen atoms in total. The standard InChI is InChI=1S/C24H27N3O2/c1-17-21(14-19-10-11-20(29-2)15-22(19)26-17)24(28)25-16-23(27-12-6-7-13-27)18-8-4-3-5-9-18/h3-5,8-11,14-15,23H,6-7,12-13,16H2,1-2H3,(H,25,28). The third-order valence-corrected chi connectivity index (χ3v) is 5.68. The predicted molar refractivity (Wildman–Crippen MR) is 115 cm³/mol. The molecule has 0 aliphatic carbocycles. The summed E-state index contributed by atoms with van der Waals surface area (Å²) in [6.45, 7) is 4.62. The lowest BCUT2D eigenvalue weighted by Crippen LogP contribution is -2.37. The zero-order valence-electron chi connectivity index (χ0n) is 17.0. The highest BCUT2D eigenvalue weighted by molar-refractivity contribution is 5.98. The van der Waals surface area contributed by atoms with Gasteiger partial charge in [-0.3, -0.25) is 14.7 Å². The van der Waals surface area contributed by atoms with E-state index >= 15 is 0 Å². The monoisotopic (exact) mass is 389 g/mol. The van der Waals surface area contributed by atoms with Crippen molar-refractivity contribution in [3.8, 4) is 5.75 Å². The summed E-state index contributed by atoms with van der Waals surface area (Å²) in [6, 6.07) is 18.3. The van der Waals surface area contributed by atoms with E-state index in [-0.39, 0.29) is 11.9 Å². The molecule has 3 aromatic rings. The fourth-order valence-electron chi connectivity index (χ4n) is 4.07. The van der Waals surface area contributed by atoms with Gasteiger partial charge in [-0.05, 0) is 56.6 Å². The summed E-state index contributed by atoms with van der Waals surface area (Å²) >= 11 is 0. The lowest BCUT2D eigenvalue weighted by atomic mass is 10.0. The van der Waals surface area contributed by atoms with Crippen molar-refractivity contribution in [1.82, 2.24) is 15.2 Å². The van der Waals surface area contributed by atoms with Crippen LogP contribution in [-0.2, 0) is 0 Å². The number of carbonyl (C=O) groups excluding carboxylic acids is 1. The Morgan fingerprint density at radius 2 is 1.90 bits per heavy atom. The van der Waals surface area contributed by atoms with Crippen LogP contribution in [0.25, 0.3) is 10.9 Å². The normalized spacial score (nSPS) is 15.4. The SMILES string of the molecule is COc1ccc2cc(C(=O)NCC(c3ccccc3)N3CCCC3)c(C)nc2c1. The molecule has 1 unspecified atom stereocenters. The number of rotatable bonds is 6. The van der Waals surface area contributed by atoms with Crippen LogP contribution in [0.1, 0.15) is 40.5 Å². The van der Waals surface area contributed by atoms with Gasteiger partial charge >= 0.3 is 0 Å². The quantitative estimate of drug-likeness (QED) is 0.689. The molecule has 1 N–H and O–H groups in total. The van der Waals surface area contributed by atoms with Gasteiger partial charge in [-0.2, -0.15) is 0 Å². The first-order chi connectivity index (χ1) is 14.2. The van der Waals surface area contributed by atoms with E-state index in [0.29, 0.717) is 12.1 Å². The third kappa shape index (κ3) is 4.25. The van der Waals surface area contributed by atoms with Gasteiger partial charge in [-0.25, -0.2) is 0 Å². The molecule has 0 spiro atoms. The van der Waals surface area contributed by atoms with Crippen molar-refractivity contribution in [3.63, 3.8) is 0 Å². The maximum Gasteiger partial charge on any atom is 0.253 e. The van der Waals surface area contributed by atoms with E-state index in [4.69, 9.17) is 4.74 Å². The van der Waals surface area contributed by atoms with E-state index in [1.807, 2.05) is 37.3 Å². The Bertz CT molecular complexity index is 998. The molecule has 0 radical (unpaired) electrons. The Morgan fingerprint density at radius 1 is 1.14 bits per heavy atom. The van der Waals surface area contributed by atoms with Crippen LogP contribution in [0.15, 0.2) is 54.6 Å². The number of ether oxygens (including phenoxy) is 1. The number of benzene rings is 2. The minimum atomic E-state index is -0.0761. The minimum absolute atomic E-state index is 0.0761. The predicted octanol–water partition coefficient (Wildman–Crippen LogP) is 4.12. The summed E-state index contributed by atoms with van der Waals surface area (Å²) in [4.78, 5) is 20.1. The van der Waals surface area contributed by atoms with E-state index in [9.17, 15) is 4.79 Å². The average Bonchev–Trinajstić information content (AvgIpc) is 3.28. The highest BCUT2D eigenvalue weighted by Crippen LogP contribution is 2.25. The van der Waals surface area contributed by atoms with Crippen molar-refractivity contribution >= 4 is 16.8 Å². The van der Waals surface area contributed by atoms with Crippen molar-refractivity contribution in [1.29, 1.82) is 0 Å². The molecule has 0 saturated carbocycles. The minimum Gasteiger partial charge on any atom is -0.497 e. The molecule has 1 fully saturated rings. The second-order valence-electron chi connectivity index (χ2n) is 7.56. The molecule has 0 bridgehead atoms. The molecule has 150 valence electrons. The Labute approximate surface area is 171 Å². The molecule has 29 heavy (non-hydrogen) atoms. The number of carbonyl (C=O) groups is 1. The number of pyridine rings is 1. The van der Waals surface area contributed by atoms with E-state index in [0.717, 1.165) is 35.4 Å². The molecule has 4 rings (SSSR count). The molecular weight excluding hydrogens is 362 g/mol. The fourth-order valence-corrected chi connectivity index (χ4v) is 4.07. The van der Waals surface area contributed by atoms with Crippen molar-refractivity contribution in [3.05, 3.63) is 71.4 Å². The topological polar surface area (TPSA) is 54.5 Å². The van der Waals surface area contributed by atoms with Crippen LogP contribution < -0.4 is 10.1 Å². The van der Waals surface area contributed by atoms with Gasteiger partial charge in [0, 0.05) is 18.0 Å². The second kappa shape index (κ2) is 8.62. The smallest absolute Gasteiger partial charge is 0.253 e. The number of hydrogen-bond donors (Lipinski definition) is 1. The Hall–Kier alpha value is -2.92. The molecule has 1 amide bonds. The number of aryl methyl sites for hydroxylation is 1. The molecule has 1 saturated heterocycles. The average molecular weight is 389 g/mol. The Kier molecular flexibility index (Phi) is 5.76. The van der Waals surface area contributed by atoms with Gasteiger partial charge in [0.2, 0.25) is 0 Å². The first-order valence-corrected chi connectivity index (χ1v) is 10.2. The van der Waals surface area contributed by atoms with E-state index < -0.39 is 0 Å². The molecule has 2 heterocycles. The van der Waals surface area contributed by atoms with Crippen LogP contribution in [0.4, 0.5) is 0 Å². The number of amides is 1. The van der Waals surface area contributed by atoms with Gasteiger partial charge in [0.05, 0.1) is 29.9 Å². The number of fused-ring (bicyclic) bond motifs is 1. The zero-order chi connectivity index (χ0) is 20.2. The van der Waals surface area contributed by atoms with Crippen molar-refractivity contribution < 1.29 is 9.53 Å². The van der Waals surface area contributed by atoms with Gasteiger partial charge in [-0.1, -0.05) is 30.3 Å². The highest BCUT2D eigenvalue weighted by Gasteiger charge is 2.24. The van der Waals surface area contributed by atoms with E-state index in [1.54, 1.807) is 7.11 Å². The lowest BCUT2D eigenvalue weighted by Gasteiger charge is -2.28. The van der Waals surface area contributed by atoms with Crippen LogP contribution in [0.5, 0.6) is 5.75 Å². The molecule has 1 atom stereocenters. The van der Waals surface area contributed by atoms with Gasteiger partial charge in [0.25, 0.3) is 5.91 Å². The molecule has 5 heteroatoms. The van der Waals surface area contributed by atoms with Gasteiger partial charge in [0.15, 0.2) is 0 Å². The maximum absolute atomic E-state index is 13.0. The van der Waals surface area contributed by atoms with Crippen LogP contribution in [0.3, 0.4) is 0 Å². The van der Waals surface area contributed by atoms with Gasteiger partial charge in [0.1, 0.15) is 5.75 Å². The second-order valence-corrected chi connectivity index (χ2v) is 7.56. The molecular formula is C24H27N3O2. The number of nitrogens with zero attached hydrogens (tertiary/aromatic N) is 2. The number of nitrogens with one attached hydrogen (secondary N) is 1. The number of methoxy groups -OCH3 is 1. The zero-order valence-corrected chi connectivity index (χ0v) is 17.0. The maximum atomic E-state index is 13.0. The lowest BCUT2D eigenvalue weighted by molar-refractivity contribution is 0.0937. The molecule has 1 aromatic heterocycles. The van der Waals surface area contributed by atoms with Crippen LogP contribution in [0, 0.1) is 6.92 Å².